The summed E-state index contributed by atoms with van der Waals surface area (Å²) in [6.45, 7) is 0.652. The Morgan fingerprint density at radius 3 is 2.56 bits per heavy atom. The summed E-state index contributed by atoms with van der Waals surface area (Å²) in [4.78, 5) is 8.05. The van der Waals surface area contributed by atoms with Crippen LogP contribution in [-0.2, 0) is 13.0 Å². The molecule has 166 valence electrons. The molecule has 0 aliphatic heterocycles. The lowest BCUT2D eigenvalue weighted by atomic mass is 10.0. The largest absolute Gasteiger partial charge is 0.497 e. The van der Waals surface area contributed by atoms with E-state index in [1.54, 1.807) is 7.11 Å². The quantitative estimate of drug-likeness (QED) is 0.446. The first kappa shape index (κ1) is 23.1. The highest BCUT2D eigenvalue weighted by Crippen LogP contribution is 2.17. The Labute approximate surface area is 184 Å². The molecule has 2 aromatic carbocycles. The third-order valence-corrected chi connectivity index (χ3v) is 4.79. The summed E-state index contributed by atoms with van der Waals surface area (Å²) < 4.78 is 32.5. The number of anilines is 1. The van der Waals surface area contributed by atoms with Crippen LogP contribution in [0.5, 0.6) is 5.75 Å². The van der Waals surface area contributed by atoms with Crippen LogP contribution < -0.4 is 15.4 Å². The molecule has 0 aliphatic carbocycles. The lowest BCUT2D eigenvalue weighted by molar-refractivity contribution is 0.148. The zero-order valence-corrected chi connectivity index (χ0v) is 17.4. The van der Waals surface area contributed by atoms with Crippen molar-refractivity contribution in [2.24, 2.45) is 0 Å². The molecule has 3 N–H and O–H groups in total. The van der Waals surface area contributed by atoms with Gasteiger partial charge in [0, 0.05) is 31.5 Å². The van der Waals surface area contributed by atoms with Gasteiger partial charge in [0.2, 0.25) is 0 Å². The van der Waals surface area contributed by atoms with E-state index in [0.29, 0.717) is 12.1 Å². The fourth-order valence-corrected chi connectivity index (χ4v) is 3.26. The predicted octanol–water partition coefficient (Wildman–Crippen LogP) is 2.81. The van der Waals surface area contributed by atoms with Gasteiger partial charge in [0.1, 0.15) is 23.5 Å². The topological polar surface area (TPSA) is 103 Å². The molecule has 0 fully saturated rings. The molecule has 0 saturated heterocycles. The Bertz CT molecular complexity index is 1070. The van der Waals surface area contributed by atoms with E-state index >= 15 is 0 Å². The minimum absolute atomic E-state index is 0.0551. The van der Waals surface area contributed by atoms with Gasteiger partial charge in [0.05, 0.1) is 19.3 Å². The summed E-state index contributed by atoms with van der Waals surface area (Å²) in [5, 5.41) is 26.3. The molecular formula is C23H23F2N5O2. The standard InChI is InChI=1S/C23H23F2N5O2/c1-32-19-4-2-3-15(9-19)13-27-14-22(31)20(10-16-7-17(24)11-18(25)8-16)30-23-21(12-26)28-5-6-29-23/h2-9,11,20,22,27,31H,10,13-14H2,1H3,(H,29,30)/t20-,22+/m0/s1. The summed E-state index contributed by atoms with van der Waals surface area (Å²) >= 11 is 0. The molecule has 2 atom stereocenters. The highest BCUT2D eigenvalue weighted by Gasteiger charge is 2.22. The van der Waals surface area contributed by atoms with Crippen LogP contribution in [0.15, 0.2) is 54.9 Å². The van der Waals surface area contributed by atoms with E-state index in [4.69, 9.17) is 4.74 Å². The maximum Gasteiger partial charge on any atom is 0.182 e. The zero-order chi connectivity index (χ0) is 22.9. The molecule has 0 spiro atoms. The number of aromatic nitrogens is 2. The number of rotatable bonds is 10. The number of halogens is 2. The Morgan fingerprint density at radius 1 is 1.09 bits per heavy atom. The van der Waals surface area contributed by atoms with E-state index in [-0.39, 0.29) is 24.5 Å². The molecule has 1 aromatic heterocycles. The number of aliphatic hydroxyl groups excluding tert-OH is 1. The first-order valence-electron chi connectivity index (χ1n) is 9.93. The average Bonchev–Trinajstić information content (AvgIpc) is 2.78. The summed E-state index contributed by atoms with van der Waals surface area (Å²) in [5.74, 6) is -0.504. The van der Waals surface area contributed by atoms with Gasteiger partial charge in [-0.3, -0.25) is 0 Å². The molecule has 3 rings (SSSR count). The van der Waals surface area contributed by atoms with Crippen molar-refractivity contribution in [3.63, 3.8) is 0 Å². The normalized spacial score (nSPS) is 12.6. The second-order valence-electron chi connectivity index (χ2n) is 7.15. The maximum absolute atomic E-state index is 13.7. The van der Waals surface area contributed by atoms with E-state index in [1.807, 2.05) is 30.3 Å². The van der Waals surface area contributed by atoms with Crippen LogP contribution >= 0.6 is 0 Å². The smallest absolute Gasteiger partial charge is 0.182 e. The molecular weight excluding hydrogens is 416 g/mol. The second kappa shape index (κ2) is 11.1. The van der Waals surface area contributed by atoms with Crippen LogP contribution in [0.25, 0.3) is 0 Å². The van der Waals surface area contributed by atoms with Crippen LogP contribution in [0, 0.1) is 23.0 Å². The van der Waals surface area contributed by atoms with E-state index in [1.165, 1.54) is 24.5 Å². The molecule has 0 amide bonds. The van der Waals surface area contributed by atoms with E-state index in [2.05, 4.69) is 20.6 Å². The van der Waals surface area contributed by atoms with Crippen molar-refractivity contribution < 1.29 is 18.6 Å². The van der Waals surface area contributed by atoms with Gasteiger partial charge in [-0.15, -0.1) is 0 Å². The van der Waals surface area contributed by atoms with E-state index < -0.39 is 23.8 Å². The number of aliphatic hydroxyl groups is 1. The van der Waals surface area contributed by atoms with Crippen molar-refractivity contribution in [3.8, 4) is 11.8 Å². The fraction of sp³-hybridized carbons (Fsp3) is 0.261. The van der Waals surface area contributed by atoms with E-state index in [9.17, 15) is 19.1 Å². The number of methoxy groups -OCH3 is 1. The first-order valence-corrected chi connectivity index (χ1v) is 9.93. The molecule has 0 bridgehead atoms. The number of nitrogens with zero attached hydrogens (tertiary/aromatic N) is 3. The third-order valence-electron chi connectivity index (χ3n) is 4.79. The monoisotopic (exact) mass is 439 g/mol. The van der Waals surface area contributed by atoms with Gasteiger partial charge in [-0.05, 0) is 41.8 Å². The number of hydrogen-bond donors (Lipinski definition) is 3. The van der Waals surface area contributed by atoms with Gasteiger partial charge in [0.25, 0.3) is 0 Å². The van der Waals surface area contributed by atoms with Crippen molar-refractivity contribution >= 4 is 5.82 Å². The van der Waals surface area contributed by atoms with Crippen molar-refractivity contribution in [1.29, 1.82) is 5.26 Å². The summed E-state index contributed by atoms with van der Waals surface area (Å²) in [6, 6.07) is 11.9. The number of benzene rings is 2. The number of nitriles is 1. The van der Waals surface area contributed by atoms with Crippen molar-refractivity contribution in [3.05, 3.63) is 83.3 Å². The van der Waals surface area contributed by atoms with Gasteiger partial charge in [-0.2, -0.15) is 5.26 Å². The third kappa shape index (κ3) is 6.44. The Morgan fingerprint density at radius 2 is 1.84 bits per heavy atom. The highest BCUT2D eigenvalue weighted by atomic mass is 19.1. The van der Waals surface area contributed by atoms with E-state index in [0.717, 1.165) is 17.4 Å². The maximum atomic E-state index is 13.7. The number of hydrogen-bond acceptors (Lipinski definition) is 7. The van der Waals surface area contributed by atoms with Crippen LogP contribution in [-0.4, -0.2) is 40.9 Å². The van der Waals surface area contributed by atoms with Crippen molar-refractivity contribution in [2.75, 3.05) is 19.0 Å². The van der Waals surface area contributed by atoms with Crippen LogP contribution in [0.4, 0.5) is 14.6 Å². The minimum atomic E-state index is -0.972. The Balaban J connectivity index is 1.73. The molecule has 9 heteroatoms. The second-order valence-corrected chi connectivity index (χ2v) is 7.15. The lowest BCUT2D eigenvalue weighted by Gasteiger charge is -2.25. The van der Waals surface area contributed by atoms with Gasteiger partial charge in [0.15, 0.2) is 11.5 Å². The van der Waals surface area contributed by atoms with Gasteiger partial charge < -0.3 is 20.5 Å². The SMILES string of the molecule is COc1cccc(CNC[C@@H](O)[C@H](Cc2cc(F)cc(F)c2)Nc2nccnc2C#N)c1. The molecule has 0 aliphatic rings. The van der Waals surface area contributed by atoms with Gasteiger partial charge >= 0.3 is 0 Å². The average molecular weight is 439 g/mol. The number of nitrogens with one attached hydrogen (secondary N) is 2. The Kier molecular flexibility index (Phi) is 8.02. The fourth-order valence-electron chi connectivity index (χ4n) is 3.26. The summed E-state index contributed by atoms with van der Waals surface area (Å²) in [6.07, 6.45) is 1.92. The Hall–Kier alpha value is -3.61. The van der Waals surface area contributed by atoms with Gasteiger partial charge in [-0.1, -0.05) is 12.1 Å². The minimum Gasteiger partial charge on any atom is -0.497 e. The molecule has 0 radical (unpaired) electrons. The van der Waals surface area contributed by atoms with Crippen molar-refractivity contribution in [1.82, 2.24) is 15.3 Å². The molecule has 0 unspecified atom stereocenters. The summed E-state index contributed by atoms with van der Waals surface area (Å²) in [5.41, 5.74) is 1.38. The highest BCUT2D eigenvalue weighted by molar-refractivity contribution is 5.48. The molecule has 0 saturated carbocycles. The molecule has 7 nitrogen and oxygen atoms in total. The van der Waals surface area contributed by atoms with Crippen LogP contribution in [0.1, 0.15) is 16.8 Å². The summed E-state index contributed by atoms with van der Waals surface area (Å²) in [7, 11) is 1.59. The van der Waals surface area contributed by atoms with Crippen molar-refractivity contribution in [2.45, 2.75) is 25.1 Å². The van der Waals surface area contributed by atoms with Gasteiger partial charge in [-0.25, -0.2) is 18.7 Å². The zero-order valence-electron chi connectivity index (χ0n) is 17.4. The predicted molar refractivity (Wildman–Crippen MR) is 115 cm³/mol. The van der Waals surface area contributed by atoms with Crippen LogP contribution in [0.3, 0.4) is 0 Å². The van der Waals surface area contributed by atoms with Crippen LogP contribution in [0.2, 0.25) is 0 Å². The lowest BCUT2D eigenvalue weighted by Crippen LogP contribution is -2.42. The molecule has 32 heavy (non-hydrogen) atoms. The molecule has 3 aromatic rings. The molecule has 1 heterocycles. The number of ether oxygens (including phenoxy) is 1. The first-order chi connectivity index (χ1) is 15.5.